The van der Waals surface area contributed by atoms with Crippen LogP contribution in [0.25, 0.3) is 0 Å². The van der Waals surface area contributed by atoms with Crippen LogP contribution in [0, 0.1) is 0 Å². The molecule has 0 saturated carbocycles. The molecular weight excluding hydrogens is 228 g/mol. The van der Waals surface area contributed by atoms with Crippen molar-refractivity contribution in [2.75, 3.05) is 0 Å². The first-order valence-electron chi connectivity index (χ1n) is 0.567. The summed E-state index contributed by atoms with van der Waals surface area (Å²) in [5.41, 5.74) is 0. The fourth-order valence-electron chi connectivity index (χ4n) is 0. The van der Waals surface area contributed by atoms with E-state index in [4.69, 9.17) is 26.5 Å². The fourth-order valence-corrected chi connectivity index (χ4v) is 0. The Bertz CT molecular complexity index is 8.00. The van der Waals surface area contributed by atoms with Crippen LogP contribution in [-0.2, 0) is 0 Å². The number of rotatable bonds is 0. The van der Waals surface area contributed by atoms with Gasteiger partial charge in [0.15, 0.2) is 0 Å². The molecule has 1 radical (unpaired) electrons. The van der Waals surface area contributed by atoms with Gasteiger partial charge in [-0.2, -0.15) is 0 Å². The Balaban J connectivity index is 2.32. The van der Waals surface area contributed by atoms with Gasteiger partial charge in [-0.25, -0.2) is 0 Å². The summed E-state index contributed by atoms with van der Waals surface area (Å²) in [6.07, 6.45) is 0. The molecule has 4 heteroatoms. The topological polar surface area (TPSA) is 0 Å². The Morgan fingerprint density at radius 2 is 1.00 bits per heavy atom. The number of halogens is 3. The normalized spacial score (nSPS) is 9.00. The van der Waals surface area contributed by atoms with Crippen LogP contribution in [0.1, 0.15) is 0 Å². The van der Waals surface area contributed by atoms with Crippen LogP contribution in [-0.4, -0.2) is 16.8 Å². The van der Waals surface area contributed by atoms with Crippen LogP contribution in [0.2, 0.25) is 0 Å². The second-order valence-corrected chi connectivity index (χ2v) is 12.9. The van der Waals surface area contributed by atoms with Gasteiger partial charge in [-0.1, -0.05) is 0 Å². The summed E-state index contributed by atoms with van der Waals surface area (Å²) in [7, 11) is 15.0. The molecule has 0 heterocycles. The van der Waals surface area contributed by atoms with Crippen molar-refractivity contribution in [3.8, 4) is 0 Å². The summed E-state index contributed by atoms with van der Waals surface area (Å²) >= 11 is -2.13. The van der Waals surface area contributed by atoms with Gasteiger partial charge in [0.2, 0.25) is 0 Å². The summed E-state index contributed by atoms with van der Waals surface area (Å²) in [5, 5.41) is 0. The average molecular weight is 229 g/mol. The molecule has 0 N–H and O–H groups in total. The molecule has 0 fully saturated rings. The molecule has 0 amide bonds. The summed E-state index contributed by atoms with van der Waals surface area (Å²) in [6.45, 7) is 0. The van der Waals surface area contributed by atoms with E-state index < -0.39 is 16.8 Å². The van der Waals surface area contributed by atoms with Gasteiger partial charge >= 0.3 is 43.3 Å². The van der Waals surface area contributed by atoms with Crippen molar-refractivity contribution in [3.63, 3.8) is 0 Å². The fraction of sp³-hybridized carbons (Fsp3) is 0. The molecule has 0 aliphatic heterocycles. The molecule has 0 unspecified atom stereocenters. The van der Waals surface area contributed by atoms with E-state index in [1.165, 1.54) is 0 Å². The predicted octanol–water partition coefficient (Wildman–Crippen LogP) is 1.42. The van der Waals surface area contributed by atoms with Gasteiger partial charge in [-0.05, 0) is 0 Å². The van der Waals surface area contributed by atoms with E-state index in [2.05, 4.69) is 0 Å². The van der Waals surface area contributed by atoms with Crippen LogP contribution in [0.15, 0.2) is 0 Å². The first-order valence-corrected chi connectivity index (χ1v) is 11.4. The van der Waals surface area contributed by atoms with Gasteiger partial charge in [0.25, 0.3) is 0 Å². The van der Waals surface area contributed by atoms with Crippen molar-refractivity contribution in [3.05, 3.63) is 0 Å². The van der Waals surface area contributed by atoms with Crippen LogP contribution in [0.5, 0.6) is 0 Å². The second kappa shape index (κ2) is 2.90. The Morgan fingerprint density at radius 3 is 1.00 bits per heavy atom. The van der Waals surface area contributed by atoms with Crippen molar-refractivity contribution >= 4 is 43.3 Å². The van der Waals surface area contributed by atoms with E-state index in [-0.39, 0.29) is 0 Å². The third kappa shape index (κ3) is 9.35. The zero-order valence-electron chi connectivity index (χ0n) is 1.63. The zero-order chi connectivity index (χ0) is 3.58. The van der Waals surface area contributed by atoms with Crippen molar-refractivity contribution in [2.24, 2.45) is 0 Å². The first kappa shape index (κ1) is 5.69. The first-order chi connectivity index (χ1) is 1.73. The Hall–Kier alpha value is 1.69. The summed E-state index contributed by atoms with van der Waals surface area (Å²) in [4.78, 5) is 0. The monoisotopic (exact) mass is 227 g/mol. The van der Waals surface area contributed by atoms with Gasteiger partial charge < -0.3 is 0 Å². The van der Waals surface area contributed by atoms with Crippen molar-refractivity contribution in [2.45, 2.75) is 0 Å². The average Bonchev–Trinajstić information content (AvgIpc) is 0.811. The van der Waals surface area contributed by atoms with E-state index in [0.717, 1.165) is 0 Å². The van der Waals surface area contributed by atoms with E-state index in [0.29, 0.717) is 0 Å². The van der Waals surface area contributed by atoms with E-state index >= 15 is 0 Å². The zero-order valence-corrected chi connectivity index (χ0v) is 6.76. The van der Waals surface area contributed by atoms with E-state index in [9.17, 15) is 0 Å². The van der Waals surface area contributed by atoms with Gasteiger partial charge in [0.05, 0.1) is 0 Å². The molecular formula is HCl3Sb. The molecule has 4 heavy (non-hydrogen) atoms. The van der Waals surface area contributed by atoms with E-state index in [1.807, 2.05) is 0 Å². The Labute approximate surface area is 43.0 Å². The predicted molar refractivity (Wildman–Crippen MR) is 24.7 cm³/mol. The molecule has 0 aromatic heterocycles. The molecule has 27 valence electrons. The molecule has 0 aromatic carbocycles. The minimum atomic E-state index is -2.13. The molecule has 0 aromatic rings. The second-order valence-electron chi connectivity index (χ2n) is 0.214. The summed E-state index contributed by atoms with van der Waals surface area (Å²) in [5.74, 6) is 0. The van der Waals surface area contributed by atoms with Crippen LogP contribution >= 0.6 is 26.5 Å². The maximum atomic E-state index is 5.00. The van der Waals surface area contributed by atoms with Gasteiger partial charge in [-0.3, -0.25) is 0 Å². The van der Waals surface area contributed by atoms with Crippen molar-refractivity contribution in [1.82, 2.24) is 0 Å². The third-order valence-corrected chi connectivity index (χ3v) is 0. The quantitative estimate of drug-likeness (QED) is 0.551. The molecule has 0 atom stereocenters. The van der Waals surface area contributed by atoms with E-state index in [1.54, 1.807) is 0 Å². The SMILES string of the molecule is [Cl][SbH]([Cl])[Cl]. The number of hydrogen-bond donors (Lipinski definition) is 0. The van der Waals surface area contributed by atoms with Crippen LogP contribution in [0.3, 0.4) is 0 Å². The van der Waals surface area contributed by atoms with Gasteiger partial charge in [-0.15, -0.1) is 0 Å². The molecule has 0 aliphatic rings. The molecule has 0 nitrogen and oxygen atoms in total. The van der Waals surface area contributed by atoms with Gasteiger partial charge in [0.1, 0.15) is 0 Å². The minimum absolute atomic E-state index is 2.13. The Morgan fingerprint density at radius 1 is 1.00 bits per heavy atom. The molecule has 0 bridgehead atoms. The number of hydrogen-bond acceptors (Lipinski definition) is 0. The third-order valence-electron chi connectivity index (χ3n) is 0. The van der Waals surface area contributed by atoms with Crippen LogP contribution in [0.4, 0.5) is 0 Å². The maximum absolute atomic E-state index is 5.00. The summed E-state index contributed by atoms with van der Waals surface area (Å²) in [6, 6.07) is 0. The van der Waals surface area contributed by atoms with Crippen molar-refractivity contribution < 1.29 is 0 Å². The van der Waals surface area contributed by atoms with Crippen LogP contribution < -0.4 is 0 Å². The molecule has 0 aliphatic carbocycles. The van der Waals surface area contributed by atoms with Crippen molar-refractivity contribution in [1.29, 1.82) is 0 Å². The van der Waals surface area contributed by atoms with Gasteiger partial charge in [0, 0.05) is 0 Å². The molecule has 0 spiro atoms. The standard InChI is InChI=1S/3ClH.Sb.H/h3*1H;;/q;;;+3;/p-3. The summed E-state index contributed by atoms with van der Waals surface area (Å²) < 4.78 is 0. The Kier molecular flexibility index (Phi) is 4.13. The molecule has 0 rings (SSSR count). The molecule has 0 saturated heterocycles.